The standard InChI is InChI=1S/C15H19NO4S/c1-12-11-20-13(2)10-16(12)21(18,19)15-7-3-5-14(9-15)6-4-8-17/h3,5,7,9,12-13,17H,8,10-11H2,1-2H3. The summed E-state index contributed by atoms with van der Waals surface area (Å²) in [6.45, 7) is 4.17. The number of sulfonamides is 1. The van der Waals surface area contributed by atoms with Crippen molar-refractivity contribution in [1.29, 1.82) is 0 Å². The van der Waals surface area contributed by atoms with Gasteiger partial charge in [-0.3, -0.25) is 0 Å². The average Bonchev–Trinajstić information content (AvgIpc) is 2.48. The average molecular weight is 309 g/mol. The maximum absolute atomic E-state index is 12.7. The Hall–Kier alpha value is -1.39. The van der Waals surface area contributed by atoms with Gasteiger partial charge in [0, 0.05) is 18.2 Å². The van der Waals surface area contributed by atoms with Crippen LogP contribution in [0.1, 0.15) is 19.4 Å². The number of rotatable bonds is 2. The molecule has 0 saturated carbocycles. The van der Waals surface area contributed by atoms with Crippen LogP contribution in [-0.2, 0) is 14.8 Å². The van der Waals surface area contributed by atoms with E-state index in [1.807, 2.05) is 13.8 Å². The number of aliphatic hydroxyl groups is 1. The summed E-state index contributed by atoms with van der Waals surface area (Å²) in [4.78, 5) is 0.216. The molecule has 21 heavy (non-hydrogen) atoms. The Morgan fingerprint density at radius 2 is 2.19 bits per heavy atom. The molecule has 0 radical (unpaired) electrons. The lowest BCUT2D eigenvalue weighted by atomic mass is 10.2. The molecule has 2 unspecified atom stereocenters. The first kappa shape index (κ1) is 16.0. The fourth-order valence-corrected chi connectivity index (χ4v) is 3.96. The van der Waals surface area contributed by atoms with Crippen molar-refractivity contribution < 1.29 is 18.3 Å². The van der Waals surface area contributed by atoms with E-state index in [9.17, 15) is 8.42 Å². The second kappa shape index (κ2) is 6.58. The number of hydrogen-bond donors (Lipinski definition) is 1. The summed E-state index contributed by atoms with van der Waals surface area (Å²) in [6, 6.07) is 6.27. The summed E-state index contributed by atoms with van der Waals surface area (Å²) in [5.74, 6) is 5.24. The van der Waals surface area contributed by atoms with Gasteiger partial charge in [-0.2, -0.15) is 4.31 Å². The van der Waals surface area contributed by atoms with Crippen LogP contribution in [0.5, 0.6) is 0 Å². The van der Waals surface area contributed by atoms with E-state index >= 15 is 0 Å². The summed E-state index contributed by atoms with van der Waals surface area (Å²) < 4.78 is 32.4. The van der Waals surface area contributed by atoms with Gasteiger partial charge in [-0.25, -0.2) is 8.42 Å². The summed E-state index contributed by atoms with van der Waals surface area (Å²) >= 11 is 0. The third kappa shape index (κ3) is 3.63. The fraction of sp³-hybridized carbons (Fsp3) is 0.467. The quantitative estimate of drug-likeness (QED) is 0.822. The highest BCUT2D eigenvalue weighted by Gasteiger charge is 2.34. The van der Waals surface area contributed by atoms with Crippen molar-refractivity contribution in [3.8, 4) is 11.8 Å². The largest absolute Gasteiger partial charge is 0.384 e. The molecule has 1 aliphatic heterocycles. The Bertz CT molecular complexity index is 660. The predicted octanol–water partition coefficient (Wildman–Crippen LogP) is 0.828. The Labute approximate surface area is 125 Å². The van der Waals surface area contributed by atoms with Crippen molar-refractivity contribution in [2.75, 3.05) is 19.8 Å². The monoisotopic (exact) mass is 309 g/mol. The first-order valence-corrected chi connectivity index (χ1v) is 8.22. The molecule has 1 N–H and O–H groups in total. The molecule has 1 aromatic rings. The van der Waals surface area contributed by atoms with E-state index in [2.05, 4.69) is 11.8 Å². The normalized spacial score (nSPS) is 23.4. The Kier molecular flexibility index (Phi) is 5.01. The molecule has 1 heterocycles. The molecule has 5 nitrogen and oxygen atoms in total. The van der Waals surface area contributed by atoms with Gasteiger partial charge in [0.05, 0.1) is 17.6 Å². The third-order valence-electron chi connectivity index (χ3n) is 3.30. The zero-order chi connectivity index (χ0) is 15.5. The summed E-state index contributed by atoms with van der Waals surface area (Å²) in [7, 11) is -3.57. The van der Waals surface area contributed by atoms with Crippen LogP contribution in [0.25, 0.3) is 0 Å². The van der Waals surface area contributed by atoms with Gasteiger partial charge < -0.3 is 9.84 Å². The van der Waals surface area contributed by atoms with Crippen molar-refractivity contribution >= 4 is 10.0 Å². The first-order chi connectivity index (χ1) is 9.95. The van der Waals surface area contributed by atoms with Crippen LogP contribution in [-0.4, -0.2) is 49.7 Å². The molecular formula is C15H19NO4S. The highest BCUT2D eigenvalue weighted by Crippen LogP contribution is 2.23. The highest BCUT2D eigenvalue weighted by atomic mass is 32.2. The van der Waals surface area contributed by atoms with Crippen molar-refractivity contribution in [2.45, 2.75) is 30.9 Å². The molecule has 1 saturated heterocycles. The van der Waals surface area contributed by atoms with Gasteiger partial charge in [-0.05, 0) is 32.0 Å². The lowest BCUT2D eigenvalue weighted by molar-refractivity contribution is -0.0170. The maximum atomic E-state index is 12.7. The SMILES string of the molecule is CC1CN(S(=O)(=O)c2cccc(C#CCO)c2)C(C)CO1. The van der Waals surface area contributed by atoms with Crippen LogP contribution in [0.2, 0.25) is 0 Å². The molecule has 0 bridgehead atoms. The molecule has 0 spiro atoms. The minimum atomic E-state index is -3.57. The van der Waals surface area contributed by atoms with Crippen LogP contribution in [0.15, 0.2) is 29.2 Å². The van der Waals surface area contributed by atoms with Crippen molar-refractivity contribution in [3.05, 3.63) is 29.8 Å². The molecule has 2 rings (SSSR count). The van der Waals surface area contributed by atoms with Crippen molar-refractivity contribution in [3.63, 3.8) is 0 Å². The molecular weight excluding hydrogens is 290 g/mol. The Morgan fingerprint density at radius 3 is 2.90 bits per heavy atom. The minimum Gasteiger partial charge on any atom is -0.384 e. The first-order valence-electron chi connectivity index (χ1n) is 6.78. The molecule has 114 valence electrons. The fourth-order valence-electron chi connectivity index (χ4n) is 2.22. The van der Waals surface area contributed by atoms with Gasteiger partial charge in [0.25, 0.3) is 0 Å². The van der Waals surface area contributed by atoms with Crippen LogP contribution in [0.4, 0.5) is 0 Å². The molecule has 0 aliphatic carbocycles. The van der Waals surface area contributed by atoms with Crippen LogP contribution >= 0.6 is 0 Å². The van der Waals surface area contributed by atoms with Gasteiger partial charge in [0.2, 0.25) is 10.0 Å². The van der Waals surface area contributed by atoms with E-state index in [1.165, 1.54) is 10.4 Å². The topological polar surface area (TPSA) is 66.8 Å². The van der Waals surface area contributed by atoms with Gasteiger partial charge in [0.15, 0.2) is 0 Å². The second-order valence-corrected chi connectivity index (χ2v) is 6.95. The summed E-state index contributed by atoms with van der Waals surface area (Å²) in [5, 5.41) is 8.71. The molecule has 0 amide bonds. The Morgan fingerprint density at radius 1 is 1.43 bits per heavy atom. The minimum absolute atomic E-state index is 0.117. The van der Waals surface area contributed by atoms with Crippen LogP contribution < -0.4 is 0 Å². The predicted molar refractivity (Wildman–Crippen MR) is 79.2 cm³/mol. The van der Waals surface area contributed by atoms with Gasteiger partial charge in [0.1, 0.15) is 6.61 Å². The highest BCUT2D eigenvalue weighted by molar-refractivity contribution is 7.89. The van der Waals surface area contributed by atoms with E-state index < -0.39 is 10.0 Å². The Balaban J connectivity index is 2.34. The van der Waals surface area contributed by atoms with Gasteiger partial charge in [-0.15, -0.1) is 0 Å². The van der Waals surface area contributed by atoms with Gasteiger partial charge >= 0.3 is 0 Å². The number of benzene rings is 1. The zero-order valence-electron chi connectivity index (χ0n) is 12.1. The number of nitrogens with zero attached hydrogens (tertiary/aromatic N) is 1. The van der Waals surface area contributed by atoms with Crippen LogP contribution in [0.3, 0.4) is 0 Å². The molecule has 2 atom stereocenters. The lowest BCUT2D eigenvalue weighted by Crippen LogP contribution is -2.50. The third-order valence-corrected chi connectivity index (χ3v) is 5.28. The maximum Gasteiger partial charge on any atom is 0.243 e. The smallest absolute Gasteiger partial charge is 0.243 e. The molecule has 1 aromatic carbocycles. The van der Waals surface area contributed by atoms with E-state index in [4.69, 9.17) is 9.84 Å². The molecule has 1 fully saturated rings. The second-order valence-electron chi connectivity index (χ2n) is 5.06. The van der Waals surface area contributed by atoms with E-state index in [-0.39, 0.29) is 23.6 Å². The van der Waals surface area contributed by atoms with Gasteiger partial charge in [-0.1, -0.05) is 17.9 Å². The van der Waals surface area contributed by atoms with Crippen LogP contribution in [0, 0.1) is 11.8 Å². The van der Waals surface area contributed by atoms with E-state index in [0.29, 0.717) is 18.7 Å². The number of hydrogen-bond acceptors (Lipinski definition) is 4. The number of ether oxygens (including phenoxy) is 1. The van der Waals surface area contributed by atoms with E-state index in [0.717, 1.165) is 0 Å². The zero-order valence-corrected chi connectivity index (χ0v) is 12.9. The molecule has 0 aromatic heterocycles. The molecule has 6 heteroatoms. The van der Waals surface area contributed by atoms with E-state index in [1.54, 1.807) is 18.2 Å². The number of morpholine rings is 1. The van der Waals surface area contributed by atoms with Crippen molar-refractivity contribution in [1.82, 2.24) is 4.31 Å². The summed E-state index contributed by atoms with van der Waals surface area (Å²) in [5.41, 5.74) is 0.569. The van der Waals surface area contributed by atoms with Crippen molar-refractivity contribution in [2.24, 2.45) is 0 Å². The lowest BCUT2D eigenvalue weighted by Gasteiger charge is -2.35. The molecule has 1 aliphatic rings. The summed E-state index contributed by atoms with van der Waals surface area (Å²) in [6.07, 6.45) is -0.117. The number of aliphatic hydroxyl groups excluding tert-OH is 1.